The van der Waals surface area contributed by atoms with Crippen molar-refractivity contribution in [3.63, 3.8) is 0 Å². The highest BCUT2D eigenvalue weighted by Gasteiger charge is 2.31. The Morgan fingerprint density at radius 2 is 1.92 bits per heavy atom. The summed E-state index contributed by atoms with van der Waals surface area (Å²) in [5, 5.41) is 23.6. The molecule has 37 heavy (non-hydrogen) atoms. The molecule has 9 nitrogen and oxygen atoms in total. The van der Waals surface area contributed by atoms with Crippen LogP contribution in [-0.2, 0) is 6.42 Å². The Kier molecular flexibility index (Phi) is 7.00. The van der Waals surface area contributed by atoms with E-state index in [1.165, 1.54) is 6.07 Å². The molecule has 1 aliphatic rings. The molecular formula is C26H28F2N6O3. The largest absolute Gasteiger partial charge is 0.491 e. The van der Waals surface area contributed by atoms with E-state index >= 15 is 0 Å². The van der Waals surface area contributed by atoms with Crippen LogP contribution in [0.2, 0.25) is 0 Å². The van der Waals surface area contributed by atoms with Gasteiger partial charge in [-0.1, -0.05) is 6.92 Å². The first kappa shape index (κ1) is 25.0. The number of imidazole rings is 1. The highest BCUT2D eigenvalue weighted by molar-refractivity contribution is 5.64. The maximum Gasteiger partial charge on any atom is 0.139 e. The van der Waals surface area contributed by atoms with Crippen molar-refractivity contribution in [2.24, 2.45) is 11.7 Å². The summed E-state index contributed by atoms with van der Waals surface area (Å²) in [6.45, 7) is 2.78. The molecule has 194 valence electrons. The summed E-state index contributed by atoms with van der Waals surface area (Å²) >= 11 is 0. The van der Waals surface area contributed by atoms with Crippen molar-refractivity contribution in [3.05, 3.63) is 71.9 Å². The molecule has 0 saturated carbocycles. The smallest absolute Gasteiger partial charge is 0.139 e. The number of halogens is 2. The predicted molar refractivity (Wildman–Crippen MR) is 133 cm³/mol. The minimum absolute atomic E-state index is 0.00599. The predicted octanol–water partition coefficient (Wildman–Crippen LogP) is 2.18. The lowest BCUT2D eigenvalue weighted by Gasteiger charge is -2.40. The number of aliphatic hydroxyl groups excluding tert-OH is 2. The van der Waals surface area contributed by atoms with Crippen molar-refractivity contribution < 1.29 is 23.7 Å². The van der Waals surface area contributed by atoms with Gasteiger partial charge in [-0.2, -0.15) is 5.10 Å². The number of nitrogens with zero attached hydrogens (tertiary/aromatic N) is 5. The Balaban J connectivity index is 1.47. The number of nitrogens with two attached hydrogens (primary N) is 1. The van der Waals surface area contributed by atoms with E-state index in [2.05, 4.69) is 20.0 Å². The summed E-state index contributed by atoms with van der Waals surface area (Å²) in [6.07, 6.45) is 4.92. The van der Waals surface area contributed by atoms with Crippen LogP contribution in [0.4, 0.5) is 14.5 Å². The minimum atomic E-state index is -0.825. The van der Waals surface area contributed by atoms with Crippen molar-refractivity contribution in [1.82, 2.24) is 19.6 Å². The Hall–Kier alpha value is -3.67. The highest BCUT2D eigenvalue weighted by atomic mass is 19.1. The molecule has 0 unspecified atom stereocenters. The van der Waals surface area contributed by atoms with E-state index in [4.69, 9.17) is 15.6 Å². The summed E-state index contributed by atoms with van der Waals surface area (Å²) in [5.74, 6) is -1.08. The third-order valence-corrected chi connectivity index (χ3v) is 6.61. The zero-order valence-corrected chi connectivity index (χ0v) is 20.3. The normalized spacial score (nSPS) is 19.9. The molecule has 4 N–H and O–H groups in total. The van der Waals surface area contributed by atoms with Gasteiger partial charge in [-0.25, -0.2) is 18.3 Å². The Bertz CT molecular complexity index is 1380. The monoisotopic (exact) mass is 510 g/mol. The maximum absolute atomic E-state index is 14.9. The first-order chi connectivity index (χ1) is 17.9. The number of ether oxygens (including phenoxy) is 1. The van der Waals surface area contributed by atoms with Gasteiger partial charge in [0.05, 0.1) is 35.7 Å². The van der Waals surface area contributed by atoms with Crippen LogP contribution in [0.5, 0.6) is 5.75 Å². The average Bonchev–Trinajstić information content (AvgIpc) is 3.27. The molecule has 11 heteroatoms. The molecule has 0 spiro atoms. The van der Waals surface area contributed by atoms with E-state index < -0.39 is 17.7 Å². The van der Waals surface area contributed by atoms with E-state index in [9.17, 15) is 13.9 Å². The number of pyridine rings is 1. The van der Waals surface area contributed by atoms with E-state index in [1.807, 2.05) is 13.0 Å². The fourth-order valence-electron chi connectivity index (χ4n) is 4.77. The van der Waals surface area contributed by atoms with Crippen LogP contribution < -0.4 is 15.4 Å². The van der Waals surface area contributed by atoms with Crippen LogP contribution in [0.25, 0.3) is 16.8 Å². The summed E-state index contributed by atoms with van der Waals surface area (Å²) in [5.41, 5.74) is 8.49. The van der Waals surface area contributed by atoms with Crippen LogP contribution in [0, 0.1) is 17.6 Å². The highest BCUT2D eigenvalue weighted by Crippen LogP contribution is 2.30. The summed E-state index contributed by atoms with van der Waals surface area (Å²) < 4.78 is 36.4. The third-order valence-electron chi connectivity index (χ3n) is 6.61. The standard InChI is InChI=1S/C26H28F2N6O3/c1-15-13-33(14-21(29)26(15)36)23-4-5-30-11-16(23)8-24-31-12-17-2-3-22(32-34(17)24)25-19(27)9-18(10-20(25)28)37-7-6-35/h2-5,9-12,15,21,26,35-36H,6-8,13-14,29H2,1H3/t15-,21+,26+/m0/s1. The fraction of sp³-hybridized carbons (Fsp3) is 0.346. The zero-order valence-electron chi connectivity index (χ0n) is 20.3. The van der Waals surface area contributed by atoms with Gasteiger partial charge in [0.1, 0.15) is 29.8 Å². The second kappa shape index (κ2) is 10.4. The van der Waals surface area contributed by atoms with Crippen molar-refractivity contribution in [3.8, 4) is 17.0 Å². The van der Waals surface area contributed by atoms with Gasteiger partial charge in [-0.3, -0.25) is 4.98 Å². The molecule has 4 heterocycles. The average molecular weight is 511 g/mol. The second-order valence-corrected chi connectivity index (χ2v) is 9.28. The molecule has 0 aliphatic carbocycles. The van der Waals surface area contributed by atoms with Crippen LogP contribution in [0.3, 0.4) is 0 Å². The van der Waals surface area contributed by atoms with E-state index in [0.29, 0.717) is 30.9 Å². The molecule has 4 aromatic rings. The molecule has 3 aromatic heterocycles. The van der Waals surface area contributed by atoms with Crippen molar-refractivity contribution in [2.75, 3.05) is 31.2 Å². The Morgan fingerprint density at radius 1 is 1.14 bits per heavy atom. The van der Waals surface area contributed by atoms with Gasteiger partial charge in [0, 0.05) is 67.2 Å². The summed E-state index contributed by atoms with van der Waals surface area (Å²) in [7, 11) is 0. The van der Waals surface area contributed by atoms with Crippen LogP contribution >= 0.6 is 0 Å². The maximum atomic E-state index is 14.9. The number of fused-ring (bicyclic) bond motifs is 1. The van der Waals surface area contributed by atoms with Crippen molar-refractivity contribution in [2.45, 2.75) is 25.5 Å². The van der Waals surface area contributed by atoms with Gasteiger partial charge < -0.3 is 25.6 Å². The topological polar surface area (TPSA) is 122 Å². The van der Waals surface area contributed by atoms with Gasteiger partial charge in [0.2, 0.25) is 0 Å². The number of rotatable bonds is 7. The molecule has 5 rings (SSSR count). The fourth-order valence-corrected chi connectivity index (χ4v) is 4.77. The summed E-state index contributed by atoms with van der Waals surface area (Å²) in [4.78, 5) is 10.9. The van der Waals surface area contributed by atoms with E-state index in [0.717, 1.165) is 23.4 Å². The van der Waals surface area contributed by atoms with E-state index in [1.54, 1.807) is 29.2 Å². The molecule has 0 amide bonds. The number of benzene rings is 1. The van der Waals surface area contributed by atoms with Gasteiger partial charge in [0.15, 0.2) is 0 Å². The van der Waals surface area contributed by atoms with Crippen LogP contribution in [0.15, 0.2) is 48.9 Å². The number of piperidine rings is 1. The van der Waals surface area contributed by atoms with Crippen molar-refractivity contribution >= 4 is 11.2 Å². The number of hydrogen-bond acceptors (Lipinski definition) is 8. The first-order valence-electron chi connectivity index (χ1n) is 12.0. The Labute approximate surface area is 212 Å². The molecule has 1 fully saturated rings. The number of hydrogen-bond donors (Lipinski definition) is 3. The molecule has 1 aromatic carbocycles. The van der Waals surface area contributed by atoms with E-state index in [-0.39, 0.29) is 42.2 Å². The van der Waals surface area contributed by atoms with Crippen LogP contribution in [-0.4, -0.2) is 68.2 Å². The van der Waals surface area contributed by atoms with Gasteiger partial charge in [0.25, 0.3) is 0 Å². The van der Waals surface area contributed by atoms with Gasteiger partial charge in [-0.15, -0.1) is 0 Å². The molecule has 0 radical (unpaired) electrons. The number of aliphatic hydroxyl groups is 2. The minimum Gasteiger partial charge on any atom is -0.491 e. The van der Waals surface area contributed by atoms with Crippen LogP contribution in [0.1, 0.15) is 18.3 Å². The molecule has 3 atom stereocenters. The number of anilines is 1. The first-order valence-corrected chi connectivity index (χ1v) is 12.0. The lowest BCUT2D eigenvalue weighted by Crippen LogP contribution is -2.55. The molecule has 1 aliphatic heterocycles. The molecule has 1 saturated heterocycles. The van der Waals surface area contributed by atoms with Gasteiger partial charge >= 0.3 is 0 Å². The second-order valence-electron chi connectivity index (χ2n) is 9.28. The molecular weight excluding hydrogens is 482 g/mol. The summed E-state index contributed by atoms with van der Waals surface area (Å²) in [6, 6.07) is 6.91. The lowest BCUT2D eigenvalue weighted by atomic mass is 9.92. The quantitative estimate of drug-likeness (QED) is 0.346. The zero-order chi connectivity index (χ0) is 26.1. The lowest BCUT2D eigenvalue weighted by molar-refractivity contribution is 0.0784. The van der Waals surface area contributed by atoms with Gasteiger partial charge in [-0.05, 0) is 18.2 Å². The van der Waals surface area contributed by atoms with Crippen molar-refractivity contribution in [1.29, 1.82) is 0 Å². The molecule has 0 bridgehead atoms. The Morgan fingerprint density at radius 3 is 2.65 bits per heavy atom. The third kappa shape index (κ3) is 4.97. The number of aromatic nitrogens is 4. The SMILES string of the molecule is C[C@H]1CN(c2ccncc2Cc2ncc3ccc(-c4c(F)cc(OCCO)cc4F)nn23)C[C@@H](N)[C@@H]1O.